The molecule has 0 aliphatic rings. The van der Waals surface area contributed by atoms with E-state index in [0.717, 1.165) is 14.9 Å². The van der Waals surface area contributed by atoms with Crippen LogP contribution in [0.3, 0.4) is 0 Å². The minimum Gasteiger partial charge on any atom is -0.271 e. The lowest BCUT2D eigenvalue weighted by Gasteiger charge is -2.17. The van der Waals surface area contributed by atoms with Gasteiger partial charge in [0.2, 0.25) is 0 Å². The van der Waals surface area contributed by atoms with Crippen molar-refractivity contribution in [3.05, 3.63) is 63.9 Å². The highest BCUT2D eigenvalue weighted by Gasteiger charge is 2.15. The van der Waals surface area contributed by atoms with Gasteiger partial charge in [0.25, 0.3) is 0 Å². The van der Waals surface area contributed by atoms with Gasteiger partial charge in [-0.15, -0.1) is 11.8 Å². The first-order valence-corrected chi connectivity index (χ1v) is 7.98. The second-order valence-electron chi connectivity index (χ2n) is 4.51. The minimum atomic E-state index is -0.227. The van der Waals surface area contributed by atoms with Crippen LogP contribution in [0.15, 0.2) is 51.8 Å². The van der Waals surface area contributed by atoms with Crippen molar-refractivity contribution in [3.8, 4) is 0 Å². The first kappa shape index (κ1) is 15.5. The molecule has 3 N–H and O–H groups in total. The van der Waals surface area contributed by atoms with Crippen LogP contribution in [0, 0.1) is 12.7 Å². The van der Waals surface area contributed by atoms with Gasteiger partial charge < -0.3 is 0 Å². The molecule has 0 amide bonds. The van der Waals surface area contributed by atoms with Crippen molar-refractivity contribution in [1.82, 2.24) is 5.43 Å². The fraction of sp³-hybridized carbons (Fsp3) is 0.200. The van der Waals surface area contributed by atoms with Crippen molar-refractivity contribution in [2.24, 2.45) is 5.84 Å². The number of hydrogen-bond donors (Lipinski definition) is 2. The summed E-state index contributed by atoms with van der Waals surface area (Å²) in [5, 5.41) is 0. The Labute approximate surface area is 131 Å². The number of aryl methyl sites for hydroxylation is 1. The fourth-order valence-electron chi connectivity index (χ4n) is 1.87. The van der Waals surface area contributed by atoms with E-state index in [1.54, 1.807) is 17.8 Å². The lowest BCUT2D eigenvalue weighted by molar-refractivity contribution is 0.546. The summed E-state index contributed by atoms with van der Waals surface area (Å²) in [5.74, 6) is 6.01. The molecular weight excluding hydrogens is 339 g/mol. The maximum Gasteiger partial charge on any atom is 0.128 e. The second-order valence-corrected chi connectivity index (χ2v) is 6.52. The maximum atomic E-state index is 13.9. The normalized spacial score (nSPS) is 12.4. The summed E-state index contributed by atoms with van der Waals surface area (Å²) in [4.78, 5) is 1.13. The monoisotopic (exact) mass is 354 g/mol. The molecule has 0 saturated heterocycles. The standard InChI is InChI=1S/C15H16BrFN2S/c1-10-2-7-14(17)13(8-10)15(19-18)9-20-12-5-3-11(16)4-6-12/h2-8,15,19H,9,18H2,1H3. The second kappa shape index (κ2) is 7.22. The molecule has 2 aromatic rings. The lowest BCUT2D eigenvalue weighted by atomic mass is 10.1. The van der Waals surface area contributed by atoms with Crippen molar-refractivity contribution in [3.63, 3.8) is 0 Å². The number of hydrazine groups is 1. The van der Waals surface area contributed by atoms with Crippen molar-refractivity contribution in [1.29, 1.82) is 0 Å². The third kappa shape index (κ3) is 4.06. The van der Waals surface area contributed by atoms with Crippen LogP contribution in [0.2, 0.25) is 0 Å². The summed E-state index contributed by atoms with van der Waals surface area (Å²) in [6.45, 7) is 1.94. The number of nitrogens with one attached hydrogen (secondary N) is 1. The van der Waals surface area contributed by atoms with E-state index in [1.165, 1.54) is 6.07 Å². The maximum absolute atomic E-state index is 13.9. The minimum absolute atomic E-state index is 0.219. The van der Waals surface area contributed by atoms with Crippen molar-refractivity contribution >= 4 is 27.7 Å². The topological polar surface area (TPSA) is 38.0 Å². The molecule has 0 bridgehead atoms. The molecule has 0 aromatic heterocycles. The number of rotatable bonds is 5. The SMILES string of the molecule is Cc1ccc(F)c(C(CSc2ccc(Br)cc2)NN)c1. The van der Waals surface area contributed by atoms with Crippen LogP contribution in [0.1, 0.15) is 17.2 Å². The Balaban J connectivity index is 2.09. The quantitative estimate of drug-likeness (QED) is 0.480. The van der Waals surface area contributed by atoms with Gasteiger partial charge in [-0.1, -0.05) is 33.6 Å². The molecule has 1 unspecified atom stereocenters. The molecule has 106 valence electrons. The van der Waals surface area contributed by atoms with Crippen LogP contribution in [0.25, 0.3) is 0 Å². The van der Waals surface area contributed by atoms with Crippen LogP contribution >= 0.6 is 27.7 Å². The molecule has 0 fully saturated rings. The molecule has 20 heavy (non-hydrogen) atoms. The Morgan fingerprint density at radius 2 is 1.95 bits per heavy atom. The van der Waals surface area contributed by atoms with Crippen LogP contribution in [0.4, 0.5) is 4.39 Å². The van der Waals surface area contributed by atoms with Gasteiger partial charge in [-0.05, 0) is 37.3 Å². The van der Waals surface area contributed by atoms with E-state index in [1.807, 2.05) is 37.3 Å². The van der Waals surface area contributed by atoms with Crippen LogP contribution < -0.4 is 11.3 Å². The summed E-state index contributed by atoms with van der Waals surface area (Å²) in [6, 6.07) is 12.9. The van der Waals surface area contributed by atoms with E-state index in [4.69, 9.17) is 5.84 Å². The molecule has 2 aromatic carbocycles. The van der Waals surface area contributed by atoms with Gasteiger partial charge in [-0.2, -0.15) is 0 Å². The molecule has 0 heterocycles. The van der Waals surface area contributed by atoms with Gasteiger partial charge in [0.05, 0.1) is 6.04 Å². The summed E-state index contributed by atoms with van der Waals surface area (Å²) in [7, 11) is 0. The predicted molar refractivity (Wildman–Crippen MR) is 86.1 cm³/mol. The molecule has 0 aliphatic heterocycles. The number of hydrogen-bond acceptors (Lipinski definition) is 3. The summed E-state index contributed by atoms with van der Waals surface area (Å²) in [5.41, 5.74) is 4.33. The highest BCUT2D eigenvalue weighted by Crippen LogP contribution is 2.27. The Kier molecular flexibility index (Phi) is 5.60. The van der Waals surface area contributed by atoms with E-state index in [2.05, 4.69) is 21.4 Å². The van der Waals surface area contributed by atoms with Gasteiger partial charge >= 0.3 is 0 Å². The number of nitrogens with two attached hydrogens (primary N) is 1. The Morgan fingerprint density at radius 1 is 1.25 bits per heavy atom. The molecule has 0 spiro atoms. The summed E-state index contributed by atoms with van der Waals surface area (Å²) in [6.07, 6.45) is 0. The highest BCUT2D eigenvalue weighted by molar-refractivity contribution is 9.10. The summed E-state index contributed by atoms with van der Waals surface area (Å²) >= 11 is 5.04. The molecule has 2 rings (SSSR count). The highest BCUT2D eigenvalue weighted by atomic mass is 79.9. The van der Waals surface area contributed by atoms with Crippen molar-refractivity contribution in [2.75, 3.05) is 5.75 Å². The lowest BCUT2D eigenvalue weighted by Crippen LogP contribution is -2.30. The van der Waals surface area contributed by atoms with E-state index in [9.17, 15) is 4.39 Å². The number of halogens is 2. The molecule has 0 saturated carbocycles. The van der Waals surface area contributed by atoms with Gasteiger partial charge in [0.15, 0.2) is 0 Å². The fourth-order valence-corrected chi connectivity index (χ4v) is 3.10. The molecule has 0 radical (unpaired) electrons. The zero-order valence-electron chi connectivity index (χ0n) is 11.1. The van der Waals surface area contributed by atoms with Gasteiger partial charge in [0, 0.05) is 20.7 Å². The Bertz CT molecular complexity index is 575. The molecule has 1 atom stereocenters. The van der Waals surface area contributed by atoms with Crippen LogP contribution in [-0.4, -0.2) is 5.75 Å². The predicted octanol–water partition coefficient (Wildman–Crippen LogP) is 4.19. The molecular formula is C15H16BrFN2S. The number of benzene rings is 2. The molecule has 0 aliphatic carbocycles. The van der Waals surface area contributed by atoms with Gasteiger partial charge in [0.1, 0.15) is 5.82 Å². The molecule has 5 heteroatoms. The molecule has 2 nitrogen and oxygen atoms in total. The van der Waals surface area contributed by atoms with Gasteiger partial charge in [-0.3, -0.25) is 11.3 Å². The van der Waals surface area contributed by atoms with Gasteiger partial charge in [-0.25, -0.2) is 4.39 Å². The third-order valence-corrected chi connectivity index (χ3v) is 4.59. The van der Waals surface area contributed by atoms with Crippen LogP contribution in [-0.2, 0) is 0 Å². The first-order valence-electron chi connectivity index (χ1n) is 6.20. The zero-order chi connectivity index (χ0) is 14.5. The van der Waals surface area contributed by atoms with E-state index < -0.39 is 0 Å². The Morgan fingerprint density at radius 3 is 2.60 bits per heavy atom. The zero-order valence-corrected chi connectivity index (χ0v) is 13.5. The number of thioether (sulfide) groups is 1. The van der Waals surface area contributed by atoms with E-state index >= 15 is 0 Å². The van der Waals surface area contributed by atoms with Crippen molar-refractivity contribution < 1.29 is 4.39 Å². The van der Waals surface area contributed by atoms with Crippen molar-refractivity contribution in [2.45, 2.75) is 17.9 Å². The largest absolute Gasteiger partial charge is 0.271 e. The average molecular weight is 355 g/mol. The third-order valence-electron chi connectivity index (χ3n) is 2.96. The summed E-state index contributed by atoms with van der Waals surface area (Å²) < 4.78 is 14.9. The first-order chi connectivity index (χ1) is 9.60. The van der Waals surface area contributed by atoms with E-state index in [0.29, 0.717) is 11.3 Å². The average Bonchev–Trinajstić information content (AvgIpc) is 2.45. The van der Waals surface area contributed by atoms with Crippen LogP contribution in [0.5, 0.6) is 0 Å². The smallest absolute Gasteiger partial charge is 0.128 e. The van der Waals surface area contributed by atoms with E-state index in [-0.39, 0.29) is 11.9 Å². The Hall–Kier alpha value is -0.880.